The molecule has 0 saturated heterocycles. The molecule has 1 nitrogen and oxygen atoms in total. The highest BCUT2D eigenvalue weighted by Crippen LogP contribution is 2.35. The summed E-state index contributed by atoms with van der Waals surface area (Å²) in [6.45, 7) is 2.97. The Morgan fingerprint density at radius 3 is 3.18 bits per heavy atom. The maximum absolute atomic E-state index is 5.48. The molecule has 58 valence electrons. The molecule has 2 rings (SSSR count). The number of aryl methyl sites for hydroxylation is 1. The van der Waals surface area contributed by atoms with E-state index in [0.29, 0.717) is 0 Å². The maximum atomic E-state index is 5.48. The van der Waals surface area contributed by atoms with E-state index in [2.05, 4.69) is 13.0 Å². The molecular weight excluding hydrogens is 156 g/mol. The predicted molar refractivity (Wildman–Crippen MR) is 47.4 cm³/mol. The van der Waals surface area contributed by atoms with Crippen LogP contribution in [0.1, 0.15) is 5.56 Å². The van der Waals surface area contributed by atoms with Crippen LogP contribution in [0.5, 0.6) is 5.75 Å². The standard InChI is InChI=1S/C9H10OS/c1-7-3-2-4-8-9(7)11-6-5-10-8/h2-4H,5-6H2,1H3. The molecule has 0 saturated carbocycles. The first-order valence-corrected chi connectivity index (χ1v) is 4.72. The number of rotatable bonds is 0. The average molecular weight is 166 g/mol. The van der Waals surface area contributed by atoms with Gasteiger partial charge in [0.2, 0.25) is 0 Å². The van der Waals surface area contributed by atoms with E-state index in [1.807, 2.05) is 23.9 Å². The van der Waals surface area contributed by atoms with Crippen LogP contribution >= 0.6 is 11.8 Å². The van der Waals surface area contributed by atoms with E-state index >= 15 is 0 Å². The van der Waals surface area contributed by atoms with E-state index in [9.17, 15) is 0 Å². The van der Waals surface area contributed by atoms with Gasteiger partial charge in [-0.3, -0.25) is 0 Å². The highest BCUT2D eigenvalue weighted by Gasteiger charge is 2.11. The van der Waals surface area contributed by atoms with Gasteiger partial charge in [-0.05, 0) is 18.6 Å². The largest absolute Gasteiger partial charge is 0.492 e. The van der Waals surface area contributed by atoms with Crippen LogP contribution in [0.25, 0.3) is 0 Å². The molecule has 0 atom stereocenters. The van der Waals surface area contributed by atoms with Crippen LogP contribution in [0.4, 0.5) is 0 Å². The summed E-state index contributed by atoms with van der Waals surface area (Å²) in [7, 11) is 0. The molecule has 1 heterocycles. The van der Waals surface area contributed by atoms with Gasteiger partial charge in [-0.15, -0.1) is 11.8 Å². The van der Waals surface area contributed by atoms with E-state index in [1.54, 1.807) is 0 Å². The minimum Gasteiger partial charge on any atom is -0.492 e. The molecular formula is C9H10OS. The number of hydrogen-bond donors (Lipinski definition) is 0. The molecule has 0 aromatic heterocycles. The van der Waals surface area contributed by atoms with Crippen LogP contribution in [0, 0.1) is 6.92 Å². The Balaban J connectivity index is 2.49. The van der Waals surface area contributed by atoms with Crippen molar-refractivity contribution in [3.63, 3.8) is 0 Å². The zero-order chi connectivity index (χ0) is 7.68. The monoisotopic (exact) mass is 166 g/mol. The quantitative estimate of drug-likeness (QED) is 0.585. The van der Waals surface area contributed by atoms with Gasteiger partial charge >= 0.3 is 0 Å². The van der Waals surface area contributed by atoms with Gasteiger partial charge in [0.1, 0.15) is 5.75 Å². The summed E-state index contributed by atoms with van der Waals surface area (Å²) in [4.78, 5) is 1.32. The zero-order valence-electron chi connectivity index (χ0n) is 6.46. The van der Waals surface area contributed by atoms with Gasteiger partial charge < -0.3 is 4.74 Å². The van der Waals surface area contributed by atoms with Crippen molar-refractivity contribution in [1.29, 1.82) is 0 Å². The summed E-state index contributed by atoms with van der Waals surface area (Å²) in [5, 5.41) is 0. The molecule has 1 aliphatic heterocycles. The summed E-state index contributed by atoms with van der Waals surface area (Å²) in [6, 6.07) is 6.20. The van der Waals surface area contributed by atoms with Crippen molar-refractivity contribution in [1.82, 2.24) is 0 Å². The lowest BCUT2D eigenvalue weighted by Crippen LogP contribution is -2.06. The van der Waals surface area contributed by atoms with E-state index in [1.165, 1.54) is 10.5 Å². The Kier molecular flexibility index (Phi) is 1.78. The average Bonchev–Trinajstić information content (AvgIpc) is 2.06. The van der Waals surface area contributed by atoms with Gasteiger partial charge in [0.25, 0.3) is 0 Å². The second-order valence-electron chi connectivity index (χ2n) is 2.60. The second-order valence-corrected chi connectivity index (χ2v) is 3.70. The first kappa shape index (κ1) is 7.04. The highest BCUT2D eigenvalue weighted by molar-refractivity contribution is 7.99. The number of thioether (sulfide) groups is 1. The zero-order valence-corrected chi connectivity index (χ0v) is 7.28. The second kappa shape index (κ2) is 2.78. The lowest BCUT2D eigenvalue weighted by Gasteiger charge is -2.17. The maximum Gasteiger partial charge on any atom is 0.133 e. The number of ether oxygens (including phenoxy) is 1. The molecule has 0 amide bonds. The van der Waals surface area contributed by atoms with Gasteiger partial charge in [-0.25, -0.2) is 0 Å². The minimum atomic E-state index is 0.848. The van der Waals surface area contributed by atoms with Crippen LogP contribution < -0.4 is 4.74 Å². The molecule has 11 heavy (non-hydrogen) atoms. The van der Waals surface area contributed by atoms with Crippen molar-refractivity contribution in [3.8, 4) is 5.75 Å². The minimum absolute atomic E-state index is 0.848. The van der Waals surface area contributed by atoms with Crippen LogP contribution in [0.3, 0.4) is 0 Å². The third-order valence-corrected chi connectivity index (χ3v) is 2.95. The Morgan fingerprint density at radius 2 is 2.36 bits per heavy atom. The lowest BCUT2D eigenvalue weighted by molar-refractivity contribution is 0.329. The van der Waals surface area contributed by atoms with Gasteiger partial charge in [-0.1, -0.05) is 12.1 Å². The molecule has 0 bridgehead atoms. The molecule has 0 spiro atoms. The fourth-order valence-corrected chi connectivity index (χ4v) is 2.16. The van der Waals surface area contributed by atoms with Crippen LogP contribution in [0.2, 0.25) is 0 Å². The summed E-state index contributed by atoms with van der Waals surface area (Å²) in [5.74, 6) is 2.14. The fraction of sp³-hybridized carbons (Fsp3) is 0.333. The Hall–Kier alpha value is -0.630. The summed E-state index contributed by atoms with van der Waals surface area (Å²) in [5.41, 5.74) is 1.33. The van der Waals surface area contributed by atoms with Gasteiger partial charge in [0.05, 0.1) is 11.5 Å². The molecule has 1 aromatic rings. The van der Waals surface area contributed by atoms with Crippen LogP contribution in [-0.4, -0.2) is 12.4 Å². The van der Waals surface area contributed by atoms with Crippen molar-refractivity contribution in [2.24, 2.45) is 0 Å². The topological polar surface area (TPSA) is 9.23 Å². The lowest BCUT2D eigenvalue weighted by atomic mass is 10.2. The van der Waals surface area contributed by atoms with E-state index in [0.717, 1.165) is 18.1 Å². The Labute approximate surface area is 70.8 Å². The third kappa shape index (κ3) is 1.23. The number of fused-ring (bicyclic) bond motifs is 1. The van der Waals surface area contributed by atoms with Crippen molar-refractivity contribution < 1.29 is 4.74 Å². The Morgan fingerprint density at radius 1 is 1.45 bits per heavy atom. The van der Waals surface area contributed by atoms with Crippen LogP contribution in [0.15, 0.2) is 23.1 Å². The van der Waals surface area contributed by atoms with Gasteiger partial charge in [-0.2, -0.15) is 0 Å². The molecule has 1 aliphatic rings. The number of hydrogen-bond acceptors (Lipinski definition) is 2. The summed E-state index contributed by atoms with van der Waals surface area (Å²) < 4.78 is 5.48. The summed E-state index contributed by atoms with van der Waals surface area (Å²) in [6.07, 6.45) is 0. The molecule has 0 fully saturated rings. The molecule has 0 unspecified atom stereocenters. The molecule has 2 heteroatoms. The van der Waals surface area contributed by atoms with Gasteiger partial charge in [0.15, 0.2) is 0 Å². The third-order valence-electron chi connectivity index (χ3n) is 1.76. The molecule has 0 aliphatic carbocycles. The predicted octanol–water partition coefficient (Wildman–Crippen LogP) is 2.48. The van der Waals surface area contributed by atoms with Crippen molar-refractivity contribution in [2.45, 2.75) is 11.8 Å². The molecule has 1 aromatic carbocycles. The Bertz CT molecular complexity index is 270. The van der Waals surface area contributed by atoms with E-state index in [4.69, 9.17) is 4.74 Å². The van der Waals surface area contributed by atoms with E-state index < -0.39 is 0 Å². The van der Waals surface area contributed by atoms with Crippen molar-refractivity contribution in [3.05, 3.63) is 23.8 Å². The first-order valence-electron chi connectivity index (χ1n) is 3.73. The normalized spacial score (nSPS) is 15.4. The fourth-order valence-electron chi connectivity index (χ4n) is 1.22. The van der Waals surface area contributed by atoms with Gasteiger partial charge in [0, 0.05) is 5.75 Å². The smallest absolute Gasteiger partial charge is 0.133 e. The summed E-state index contributed by atoms with van der Waals surface area (Å²) >= 11 is 1.89. The van der Waals surface area contributed by atoms with E-state index in [-0.39, 0.29) is 0 Å². The number of benzene rings is 1. The SMILES string of the molecule is Cc1cccc2c1SCCO2. The van der Waals surface area contributed by atoms with Crippen LogP contribution in [-0.2, 0) is 0 Å². The van der Waals surface area contributed by atoms with Crippen molar-refractivity contribution >= 4 is 11.8 Å². The van der Waals surface area contributed by atoms with Crippen molar-refractivity contribution in [2.75, 3.05) is 12.4 Å². The molecule has 0 radical (unpaired) electrons. The highest BCUT2D eigenvalue weighted by atomic mass is 32.2. The molecule has 0 N–H and O–H groups in total. The first-order chi connectivity index (χ1) is 5.38.